The molecule has 0 unspecified atom stereocenters. The number of aryl methyl sites for hydroxylation is 1. The van der Waals surface area contributed by atoms with Crippen molar-refractivity contribution in [1.29, 1.82) is 0 Å². The van der Waals surface area contributed by atoms with Crippen molar-refractivity contribution in [2.24, 2.45) is 0 Å². The number of carbonyl (C=O) groups is 2. The minimum absolute atomic E-state index is 0.0272. The van der Waals surface area contributed by atoms with E-state index in [0.717, 1.165) is 28.1 Å². The summed E-state index contributed by atoms with van der Waals surface area (Å²) in [7, 11) is -4.04. The maximum absolute atomic E-state index is 13.5. The molecule has 0 aromatic heterocycles. The van der Waals surface area contributed by atoms with E-state index in [2.05, 4.69) is 10.6 Å². The monoisotopic (exact) mass is 653 g/mol. The number of sulfonamides is 1. The van der Waals surface area contributed by atoms with E-state index in [9.17, 15) is 36.3 Å². The number of carbonyl (C=O) groups excluding carboxylic acids is 2. The van der Waals surface area contributed by atoms with Crippen molar-refractivity contribution in [1.82, 2.24) is 10.6 Å². The van der Waals surface area contributed by atoms with Gasteiger partial charge in [0.15, 0.2) is 0 Å². The molecule has 0 radical (unpaired) electrons. The van der Waals surface area contributed by atoms with E-state index in [-0.39, 0.29) is 52.2 Å². The molecule has 2 atom stereocenters. The van der Waals surface area contributed by atoms with Gasteiger partial charge in [0.2, 0.25) is 5.91 Å². The summed E-state index contributed by atoms with van der Waals surface area (Å²) in [4.78, 5) is 26.3. The van der Waals surface area contributed by atoms with Gasteiger partial charge in [0.1, 0.15) is 12.4 Å². The van der Waals surface area contributed by atoms with Crippen molar-refractivity contribution in [3.8, 4) is 5.75 Å². The molecule has 1 aliphatic rings. The average molecular weight is 654 g/mol. The summed E-state index contributed by atoms with van der Waals surface area (Å²) in [6.45, 7) is 3.41. The number of nitrogens with one attached hydrogen (secondary N) is 2. The molecule has 2 amide bonds. The molecule has 0 spiro atoms. The van der Waals surface area contributed by atoms with Gasteiger partial charge in [0.25, 0.3) is 15.9 Å². The third kappa shape index (κ3) is 7.63. The smallest absolute Gasteiger partial charge is 0.416 e. The summed E-state index contributed by atoms with van der Waals surface area (Å²) < 4.78 is 74.5. The molecule has 3 aromatic carbocycles. The van der Waals surface area contributed by atoms with E-state index < -0.39 is 52.1 Å². The lowest BCUT2D eigenvalue weighted by Crippen LogP contribution is -2.38. The number of amides is 2. The van der Waals surface area contributed by atoms with Crippen LogP contribution in [0.15, 0.2) is 65.6 Å². The number of nitrogens with zero attached hydrogens (tertiary/aromatic N) is 1. The Bertz CT molecular complexity index is 1650. The van der Waals surface area contributed by atoms with Crippen molar-refractivity contribution in [2.45, 2.75) is 49.9 Å². The first-order chi connectivity index (χ1) is 20.7. The topological polar surface area (TPSA) is 125 Å². The zero-order chi connectivity index (χ0) is 32.2. The molecule has 3 aromatic rings. The number of anilines is 1. The van der Waals surface area contributed by atoms with Gasteiger partial charge in [-0.3, -0.25) is 13.9 Å². The Kier molecular flexibility index (Phi) is 10.1. The maximum Gasteiger partial charge on any atom is 0.416 e. The van der Waals surface area contributed by atoms with Crippen LogP contribution in [0.4, 0.5) is 18.9 Å². The highest BCUT2D eigenvalue weighted by Crippen LogP contribution is 2.37. The fourth-order valence-corrected chi connectivity index (χ4v) is 6.39. The zero-order valence-electron chi connectivity index (χ0n) is 23.8. The molecule has 4 rings (SSSR count). The second-order valence-electron chi connectivity index (χ2n) is 10.3. The Morgan fingerprint density at radius 3 is 2.55 bits per heavy atom. The third-order valence-corrected chi connectivity index (χ3v) is 9.17. The predicted molar refractivity (Wildman–Crippen MR) is 158 cm³/mol. The van der Waals surface area contributed by atoms with E-state index in [0.29, 0.717) is 6.42 Å². The number of hydrogen-bond acceptors (Lipinski definition) is 6. The van der Waals surface area contributed by atoms with Crippen LogP contribution in [-0.4, -0.2) is 51.1 Å². The van der Waals surface area contributed by atoms with Crippen LogP contribution in [0.2, 0.25) is 5.02 Å². The highest BCUT2D eigenvalue weighted by Gasteiger charge is 2.34. The van der Waals surface area contributed by atoms with Gasteiger partial charge in [-0.05, 0) is 73.0 Å². The maximum atomic E-state index is 13.5. The number of hydrogen-bond donors (Lipinski definition) is 3. The van der Waals surface area contributed by atoms with E-state index in [1.807, 2.05) is 0 Å². The quantitative estimate of drug-likeness (QED) is 0.283. The van der Waals surface area contributed by atoms with Crippen LogP contribution >= 0.6 is 11.6 Å². The minimum Gasteiger partial charge on any atom is -0.489 e. The predicted octanol–water partition coefficient (Wildman–Crippen LogP) is 5.00. The van der Waals surface area contributed by atoms with E-state index in [1.165, 1.54) is 30.3 Å². The molecule has 0 bridgehead atoms. The largest absolute Gasteiger partial charge is 0.489 e. The lowest BCUT2D eigenvalue weighted by Gasteiger charge is -2.31. The van der Waals surface area contributed by atoms with Crippen LogP contribution in [0.1, 0.15) is 52.9 Å². The van der Waals surface area contributed by atoms with Gasteiger partial charge in [-0.15, -0.1) is 0 Å². The number of ether oxygens (including phenoxy) is 1. The molecule has 0 saturated carbocycles. The Morgan fingerprint density at radius 1 is 1.11 bits per heavy atom. The molecule has 44 heavy (non-hydrogen) atoms. The first kappa shape index (κ1) is 33.1. The van der Waals surface area contributed by atoms with Crippen LogP contribution in [0.25, 0.3) is 0 Å². The molecule has 9 nitrogen and oxygen atoms in total. The number of alkyl halides is 3. The Labute approximate surface area is 258 Å². The molecule has 1 aliphatic heterocycles. The van der Waals surface area contributed by atoms with Crippen molar-refractivity contribution < 1.29 is 41.0 Å². The summed E-state index contributed by atoms with van der Waals surface area (Å²) in [5, 5.41) is 14.8. The van der Waals surface area contributed by atoms with E-state index in [1.54, 1.807) is 26.0 Å². The highest BCUT2D eigenvalue weighted by atomic mass is 35.5. The number of aliphatic hydroxyl groups excluding tert-OH is 1. The summed E-state index contributed by atoms with van der Waals surface area (Å²) in [5.74, 6) is -1.23. The molecule has 14 heteroatoms. The number of benzene rings is 3. The second-order valence-corrected chi connectivity index (χ2v) is 12.5. The second kappa shape index (κ2) is 13.4. The van der Waals surface area contributed by atoms with E-state index in [4.69, 9.17) is 16.3 Å². The molecule has 3 N–H and O–H groups in total. The van der Waals surface area contributed by atoms with Crippen LogP contribution in [0.3, 0.4) is 0 Å². The average Bonchev–Trinajstić information content (AvgIpc) is 2.98. The van der Waals surface area contributed by atoms with Gasteiger partial charge in [-0.2, -0.15) is 13.2 Å². The molecule has 0 aliphatic carbocycles. The summed E-state index contributed by atoms with van der Waals surface area (Å²) >= 11 is 6.26. The van der Waals surface area contributed by atoms with Crippen LogP contribution < -0.4 is 19.7 Å². The van der Waals surface area contributed by atoms with Gasteiger partial charge in [-0.25, -0.2) is 8.42 Å². The van der Waals surface area contributed by atoms with Gasteiger partial charge < -0.3 is 20.5 Å². The number of aliphatic hydroxyl groups is 1. The summed E-state index contributed by atoms with van der Waals surface area (Å²) in [5.41, 5.74) is -0.369. The molecule has 0 saturated heterocycles. The number of rotatable bonds is 10. The summed E-state index contributed by atoms with van der Waals surface area (Å²) in [6.07, 6.45) is -5.68. The van der Waals surface area contributed by atoms with Crippen molar-refractivity contribution >= 4 is 39.1 Å². The minimum atomic E-state index is -4.72. The van der Waals surface area contributed by atoms with E-state index >= 15 is 0 Å². The lowest BCUT2D eigenvalue weighted by atomic mass is 9.99. The Balaban J connectivity index is 1.67. The first-order valence-electron chi connectivity index (χ1n) is 13.7. The highest BCUT2D eigenvalue weighted by molar-refractivity contribution is 7.92. The summed E-state index contributed by atoms with van der Waals surface area (Å²) in [6, 6.07) is 11.7. The molecular weight excluding hydrogens is 623 g/mol. The van der Waals surface area contributed by atoms with Gasteiger partial charge in [-0.1, -0.05) is 30.7 Å². The Morgan fingerprint density at radius 2 is 1.86 bits per heavy atom. The molecule has 236 valence electrons. The van der Waals surface area contributed by atoms with Crippen molar-refractivity contribution in [3.05, 3.63) is 87.9 Å². The lowest BCUT2D eigenvalue weighted by molar-refractivity contribution is -0.137. The van der Waals surface area contributed by atoms with Gasteiger partial charge in [0, 0.05) is 17.1 Å². The zero-order valence-corrected chi connectivity index (χ0v) is 25.4. The van der Waals surface area contributed by atoms with Crippen LogP contribution in [0.5, 0.6) is 5.75 Å². The fraction of sp³-hybridized carbons (Fsp3) is 0.333. The SMILES string of the molecule is CC[C@H](O)CNC(=O)C[C@H](NC(=O)c1ccc2c(c1)N(S(=O)(=O)c1cccc(C)c1)CCO2)c1cc(C(F)(F)F)ccc1Cl. The van der Waals surface area contributed by atoms with Gasteiger partial charge in [0.05, 0.1) is 41.3 Å². The van der Waals surface area contributed by atoms with Gasteiger partial charge >= 0.3 is 6.18 Å². The Hall–Kier alpha value is -3.81. The number of halogens is 4. The molecular formula is C30H31ClF3N3O6S. The molecule has 1 heterocycles. The first-order valence-corrected chi connectivity index (χ1v) is 15.5. The number of fused-ring (bicyclic) bond motifs is 1. The standard InChI is InChI=1S/C30H31ClF3N3O6S/c1-3-21(38)17-35-28(39)16-25(23-15-20(30(32,33)34)8-9-24(23)31)36-29(40)19-7-10-27-26(14-19)37(11-12-43-27)44(41,42)22-6-4-5-18(2)13-22/h4-10,13-15,21,25,38H,3,11-12,16-17H2,1-2H3,(H,35,39)(H,36,40)/t21-,25-/m0/s1. The third-order valence-electron chi connectivity index (χ3n) is 7.02. The van der Waals surface area contributed by atoms with Crippen molar-refractivity contribution in [3.63, 3.8) is 0 Å². The molecule has 0 fully saturated rings. The van der Waals surface area contributed by atoms with Crippen LogP contribution in [-0.2, 0) is 21.0 Å². The van der Waals surface area contributed by atoms with Crippen LogP contribution in [0, 0.1) is 6.92 Å². The fourth-order valence-electron chi connectivity index (χ4n) is 4.59. The normalized spacial score (nSPS) is 14.7. The van der Waals surface area contributed by atoms with Crippen molar-refractivity contribution in [2.75, 3.05) is 24.0 Å².